The summed E-state index contributed by atoms with van der Waals surface area (Å²) in [6.07, 6.45) is 0. The molecule has 6 heteroatoms. The first-order valence-corrected chi connectivity index (χ1v) is 7.20. The van der Waals surface area contributed by atoms with Crippen LogP contribution in [0.25, 0.3) is 0 Å². The van der Waals surface area contributed by atoms with Crippen molar-refractivity contribution in [2.24, 2.45) is 5.73 Å². The topological polar surface area (TPSA) is 44.5 Å². The third kappa shape index (κ3) is 4.05. The van der Waals surface area contributed by atoms with Gasteiger partial charge in [-0.15, -0.1) is 0 Å². The summed E-state index contributed by atoms with van der Waals surface area (Å²) >= 11 is 12.0. The number of likely N-dealkylation sites (N-methyl/N-ethyl adjacent to an activating group) is 1. The van der Waals surface area contributed by atoms with E-state index in [1.165, 1.54) is 0 Å². The molecule has 1 aromatic rings. The van der Waals surface area contributed by atoms with Gasteiger partial charge in [0.05, 0.1) is 16.1 Å². The highest BCUT2D eigenvalue weighted by atomic mass is 35.5. The van der Waals surface area contributed by atoms with Crippen molar-refractivity contribution in [3.8, 4) is 0 Å². The van der Waals surface area contributed by atoms with Gasteiger partial charge in [0.2, 0.25) is 0 Å². The van der Waals surface area contributed by atoms with Crippen LogP contribution in [0.2, 0.25) is 10.0 Å². The van der Waals surface area contributed by atoms with Gasteiger partial charge in [0.1, 0.15) is 0 Å². The van der Waals surface area contributed by atoms with Crippen LogP contribution in [0.4, 0.5) is 0 Å². The fraction of sp³-hybridized carbons (Fsp3) is 0.538. The normalized spacial score (nSPS) is 19.6. The maximum Gasteiger partial charge on any atom is 0.0595 e. The number of nitrogens with two attached hydrogens (primary N) is 1. The number of nitrogens with one attached hydrogen (secondary N) is 1. The molecule has 3 N–H and O–H groups in total. The van der Waals surface area contributed by atoms with Gasteiger partial charge < -0.3 is 10.6 Å². The average molecular weight is 303 g/mol. The largest absolute Gasteiger partial charge is 0.329 e. The zero-order valence-corrected chi connectivity index (χ0v) is 12.6. The molecule has 1 aromatic carbocycles. The number of benzene rings is 1. The van der Waals surface area contributed by atoms with Crippen LogP contribution in [0.5, 0.6) is 0 Å². The molecule has 0 saturated carbocycles. The molecular weight excluding hydrogens is 283 g/mol. The molecule has 2 rings (SSSR count). The minimum atomic E-state index is 0.0678. The first-order valence-electron chi connectivity index (χ1n) is 6.45. The molecule has 4 nitrogen and oxygen atoms in total. The summed E-state index contributed by atoms with van der Waals surface area (Å²) in [6, 6.07) is 5.73. The Morgan fingerprint density at radius 1 is 1.21 bits per heavy atom. The molecule has 0 aliphatic carbocycles. The Morgan fingerprint density at radius 2 is 1.89 bits per heavy atom. The zero-order chi connectivity index (χ0) is 13.8. The Labute approximate surface area is 124 Å². The van der Waals surface area contributed by atoms with Crippen molar-refractivity contribution >= 4 is 23.2 Å². The van der Waals surface area contributed by atoms with Gasteiger partial charge in [-0.1, -0.05) is 29.3 Å². The summed E-state index contributed by atoms with van der Waals surface area (Å²) < 4.78 is 0. The second-order valence-electron chi connectivity index (χ2n) is 4.88. The summed E-state index contributed by atoms with van der Waals surface area (Å²) in [5.41, 5.74) is 10.4. The van der Waals surface area contributed by atoms with Crippen LogP contribution >= 0.6 is 23.2 Å². The summed E-state index contributed by atoms with van der Waals surface area (Å²) in [5.74, 6) is 0. The van der Waals surface area contributed by atoms with Crippen LogP contribution in [0.15, 0.2) is 18.2 Å². The lowest BCUT2D eigenvalue weighted by atomic mass is 10.1. The van der Waals surface area contributed by atoms with Crippen LogP contribution in [0, 0.1) is 0 Å². The molecule has 19 heavy (non-hydrogen) atoms. The highest BCUT2D eigenvalue weighted by Gasteiger charge is 2.18. The number of halogens is 2. The number of hydrogen-bond donors (Lipinski definition) is 2. The van der Waals surface area contributed by atoms with Crippen LogP contribution in [-0.4, -0.2) is 49.7 Å². The standard InChI is InChI=1S/C13H20Cl2N4/c1-18-4-6-19(7-5-18)17-13(9-16)10-2-3-11(14)12(15)8-10/h2-3,8,13,17H,4-7,9,16H2,1H3. The van der Waals surface area contributed by atoms with Crippen LogP contribution in [0.3, 0.4) is 0 Å². The molecule has 0 radical (unpaired) electrons. The van der Waals surface area contributed by atoms with Crippen molar-refractivity contribution in [3.63, 3.8) is 0 Å². The van der Waals surface area contributed by atoms with Gasteiger partial charge in [-0.05, 0) is 24.7 Å². The molecule has 1 atom stereocenters. The lowest BCUT2D eigenvalue weighted by Gasteiger charge is -2.35. The average Bonchev–Trinajstić information content (AvgIpc) is 2.41. The Balaban J connectivity index is 2.01. The van der Waals surface area contributed by atoms with Crippen molar-refractivity contribution in [2.45, 2.75) is 6.04 Å². The van der Waals surface area contributed by atoms with E-state index < -0.39 is 0 Å². The van der Waals surface area contributed by atoms with E-state index in [9.17, 15) is 0 Å². The number of hydrogen-bond acceptors (Lipinski definition) is 4. The molecular formula is C13H20Cl2N4. The summed E-state index contributed by atoms with van der Waals surface area (Å²) in [6.45, 7) is 4.63. The van der Waals surface area contributed by atoms with Gasteiger partial charge in [-0.25, -0.2) is 10.4 Å². The first-order chi connectivity index (χ1) is 9.10. The maximum absolute atomic E-state index is 6.06. The fourth-order valence-corrected chi connectivity index (χ4v) is 2.45. The van der Waals surface area contributed by atoms with E-state index in [4.69, 9.17) is 28.9 Å². The van der Waals surface area contributed by atoms with Gasteiger partial charge >= 0.3 is 0 Å². The molecule has 1 aliphatic heterocycles. The zero-order valence-electron chi connectivity index (χ0n) is 11.1. The van der Waals surface area contributed by atoms with E-state index >= 15 is 0 Å². The quantitative estimate of drug-likeness (QED) is 0.889. The summed E-state index contributed by atoms with van der Waals surface area (Å²) in [5, 5.41) is 3.36. The van der Waals surface area contributed by atoms with Gasteiger partial charge in [0, 0.05) is 32.7 Å². The van der Waals surface area contributed by atoms with Crippen LogP contribution in [0.1, 0.15) is 11.6 Å². The molecule has 0 spiro atoms. The monoisotopic (exact) mass is 302 g/mol. The lowest BCUT2D eigenvalue weighted by molar-refractivity contribution is 0.0880. The van der Waals surface area contributed by atoms with E-state index in [0.29, 0.717) is 16.6 Å². The van der Waals surface area contributed by atoms with Crippen molar-refractivity contribution in [1.82, 2.24) is 15.3 Å². The fourth-order valence-electron chi connectivity index (χ4n) is 2.15. The predicted molar refractivity (Wildman–Crippen MR) is 80.5 cm³/mol. The summed E-state index contributed by atoms with van der Waals surface area (Å²) in [7, 11) is 2.14. The molecule has 1 aliphatic rings. The second kappa shape index (κ2) is 6.88. The smallest absolute Gasteiger partial charge is 0.0595 e. The van der Waals surface area contributed by atoms with Crippen molar-refractivity contribution in [2.75, 3.05) is 39.8 Å². The van der Waals surface area contributed by atoms with Gasteiger partial charge in [0.15, 0.2) is 0 Å². The lowest BCUT2D eigenvalue weighted by Crippen LogP contribution is -2.52. The first kappa shape index (κ1) is 15.0. The van der Waals surface area contributed by atoms with E-state index in [1.54, 1.807) is 0 Å². The van der Waals surface area contributed by atoms with E-state index in [2.05, 4.69) is 22.4 Å². The molecule has 1 unspecified atom stereocenters. The molecule has 0 bridgehead atoms. The van der Waals surface area contributed by atoms with Gasteiger partial charge in [0.25, 0.3) is 0 Å². The minimum absolute atomic E-state index is 0.0678. The maximum atomic E-state index is 6.06. The van der Waals surface area contributed by atoms with Crippen molar-refractivity contribution in [3.05, 3.63) is 33.8 Å². The summed E-state index contributed by atoms with van der Waals surface area (Å²) in [4.78, 5) is 2.31. The van der Waals surface area contributed by atoms with E-state index in [0.717, 1.165) is 31.7 Å². The molecule has 1 fully saturated rings. The molecule has 106 valence electrons. The minimum Gasteiger partial charge on any atom is -0.329 e. The van der Waals surface area contributed by atoms with Gasteiger partial charge in [-0.3, -0.25) is 0 Å². The number of nitrogens with zero attached hydrogens (tertiary/aromatic N) is 2. The van der Waals surface area contributed by atoms with Crippen LogP contribution < -0.4 is 11.2 Å². The van der Waals surface area contributed by atoms with Crippen molar-refractivity contribution < 1.29 is 0 Å². The Morgan fingerprint density at radius 3 is 2.47 bits per heavy atom. The molecule has 1 heterocycles. The third-order valence-electron chi connectivity index (χ3n) is 3.42. The van der Waals surface area contributed by atoms with Gasteiger partial charge in [-0.2, -0.15) is 0 Å². The van der Waals surface area contributed by atoms with E-state index in [1.807, 2.05) is 18.2 Å². The number of rotatable bonds is 4. The molecule has 0 aromatic heterocycles. The molecule has 0 amide bonds. The van der Waals surface area contributed by atoms with Crippen LogP contribution in [-0.2, 0) is 0 Å². The number of hydrazine groups is 1. The Kier molecular flexibility index (Phi) is 5.45. The SMILES string of the molecule is CN1CCN(NC(CN)c2ccc(Cl)c(Cl)c2)CC1. The third-order valence-corrected chi connectivity index (χ3v) is 4.16. The number of piperazine rings is 1. The highest BCUT2D eigenvalue weighted by molar-refractivity contribution is 6.42. The van der Waals surface area contributed by atoms with E-state index in [-0.39, 0.29) is 6.04 Å². The van der Waals surface area contributed by atoms with Crippen molar-refractivity contribution in [1.29, 1.82) is 0 Å². The Bertz CT molecular complexity index is 419. The molecule has 1 saturated heterocycles. The highest BCUT2D eigenvalue weighted by Crippen LogP contribution is 2.25. The Hall–Kier alpha value is -0.360. The second-order valence-corrected chi connectivity index (χ2v) is 5.70. The predicted octanol–water partition coefficient (Wildman–Crippen LogP) is 1.75.